The molecule has 0 spiro atoms. The molecule has 1 aromatic carbocycles. The first-order valence-electron chi connectivity index (χ1n) is 5.73. The molecule has 102 valence electrons. The summed E-state index contributed by atoms with van der Waals surface area (Å²) in [5.41, 5.74) is -0.800. The van der Waals surface area contributed by atoms with Crippen LogP contribution in [0.25, 0.3) is 0 Å². The minimum atomic E-state index is -3.60. The fraction of sp³-hybridized carbons (Fsp3) is 0.417. The molecule has 1 saturated carbocycles. The summed E-state index contributed by atoms with van der Waals surface area (Å²) >= 11 is 0. The van der Waals surface area contributed by atoms with Crippen LogP contribution in [0.5, 0.6) is 11.5 Å². The Kier molecular flexibility index (Phi) is 2.35. The van der Waals surface area contributed by atoms with Gasteiger partial charge in [0.25, 0.3) is 0 Å². The van der Waals surface area contributed by atoms with E-state index in [1.165, 1.54) is 6.07 Å². The number of fused-ring (bicyclic) bond motifs is 1. The summed E-state index contributed by atoms with van der Waals surface area (Å²) in [4.78, 5) is 11.3. The van der Waals surface area contributed by atoms with Crippen LogP contribution >= 0.6 is 0 Å². The number of carboxylic acids is 1. The van der Waals surface area contributed by atoms with Crippen molar-refractivity contribution in [1.29, 1.82) is 0 Å². The molecule has 1 N–H and O–H groups in total. The third-order valence-electron chi connectivity index (χ3n) is 3.54. The molecule has 7 heteroatoms. The van der Waals surface area contributed by atoms with Crippen molar-refractivity contribution in [2.24, 2.45) is 0 Å². The van der Waals surface area contributed by atoms with E-state index in [0.29, 0.717) is 24.2 Å². The van der Waals surface area contributed by atoms with E-state index in [1.54, 1.807) is 6.07 Å². The van der Waals surface area contributed by atoms with Crippen LogP contribution in [0.2, 0.25) is 0 Å². The Morgan fingerprint density at radius 3 is 2.53 bits per heavy atom. The molecular formula is C12H12O6S. The Hall–Kier alpha value is -1.76. The van der Waals surface area contributed by atoms with Gasteiger partial charge in [-0.2, -0.15) is 0 Å². The third-order valence-corrected chi connectivity index (χ3v) is 4.69. The molecule has 0 bridgehead atoms. The molecule has 0 atom stereocenters. The van der Waals surface area contributed by atoms with Crippen molar-refractivity contribution in [3.05, 3.63) is 17.7 Å². The highest BCUT2D eigenvalue weighted by molar-refractivity contribution is 7.90. The summed E-state index contributed by atoms with van der Waals surface area (Å²) in [6, 6.07) is 3.08. The van der Waals surface area contributed by atoms with Crippen LogP contribution in [0.3, 0.4) is 0 Å². The number of benzene rings is 1. The largest absolute Gasteiger partial charge is 0.481 e. The molecule has 0 radical (unpaired) electrons. The lowest BCUT2D eigenvalue weighted by atomic mass is 9.95. The van der Waals surface area contributed by atoms with Crippen LogP contribution in [0.4, 0.5) is 0 Å². The van der Waals surface area contributed by atoms with Crippen molar-refractivity contribution in [3.8, 4) is 11.5 Å². The summed E-state index contributed by atoms with van der Waals surface area (Å²) in [7, 11) is -3.60. The zero-order chi connectivity index (χ0) is 13.8. The van der Waals surface area contributed by atoms with Gasteiger partial charge in [-0.3, -0.25) is 4.79 Å². The molecule has 1 heterocycles. The van der Waals surface area contributed by atoms with Gasteiger partial charge < -0.3 is 14.6 Å². The maximum absolute atomic E-state index is 12.0. The van der Waals surface area contributed by atoms with E-state index in [9.17, 15) is 18.3 Å². The van der Waals surface area contributed by atoms with E-state index >= 15 is 0 Å². The second kappa shape index (κ2) is 3.63. The second-order valence-corrected chi connectivity index (χ2v) is 6.79. The van der Waals surface area contributed by atoms with Crippen LogP contribution in [0.1, 0.15) is 18.4 Å². The summed E-state index contributed by atoms with van der Waals surface area (Å²) in [6.45, 7) is -0.0542. The Balaban J connectivity index is 2.30. The average molecular weight is 284 g/mol. The molecule has 0 aromatic heterocycles. The Morgan fingerprint density at radius 1 is 1.32 bits per heavy atom. The van der Waals surface area contributed by atoms with Crippen LogP contribution in [-0.2, 0) is 20.0 Å². The molecule has 0 amide bonds. The lowest BCUT2D eigenvalue weighted by Gasteiger charge is -2.16. The predicted octanol–water partition coefficient (Wildman–Crippen LogP) is 0.935. The molecule has 1 aromatic rings. The van der Waals surface area contributed by atoms with E-state index in [4.69, 9.17) is 9.47 Å². The normalized spacial score (nSPS) is 19.2. The lowest BCUT2D eigenvalue weighted by Crippen LogP contribution is -2.22. The quantitative estimate of drug-likeness (QED) is 0.888. The molecule has 3 rings (SSSR count). The van der Waals surface area contributed by atoms with Gasteiger partial charge in [-0.25, -0.2) is 8.42 Å². The van der Waals surface area contributed by atoms with E-state index in [0.717, 1.165) is 6.26 Å². The van der Waals surface area contributed by atoms with Gasteiger partial charge >= 0.3 is 5.97 Å². The first-order chi connectivity index (χ1) is 8.86. The summed E-state index contributed by atoms with van der Waals surface area (Å²) < 4.78 is 34.3. The van der Waals surface area contributed by atoms with Gasteiger partial charge in [0.1, 0.15) is 4.90 Å². The van der Waals surface area contributed by atoms with Crippen molar-refractivity contribution in [1.82, 2.24) is 0 Å². The Labute approximate surface area is 109 Å². The molecule has 1 aliphatic carbocycles. The highest BCUT2D eigenvalue weighted by atomic mass is 32.2. The average Bonchev–Trinajstić information content (AvgIpc) is 2.99. The van der Waals surface area contributed by atoms with Gasteiger partial charge in [0.15, 0.2) is 21.3 Å². The van der Waals surface area contributed by atoms with Gasteiger partial charge in [-0.15, -0.1) is 0 Å². The zero-order valence-corrected chi connectivity index (χ0v) is 11.0. The molecule has 2 aliphatic rings. The number of sulfone groups is 1. The highest BCUT2D eigenvalue weighted by Gasteiger charge is 2.54. The fourth-order valence-corrected chi connectivity index (χ4v) is 3.57. The molecule has 1 aliphatic heterocycles. The topological polar surface area (TPSA) is 89.9 Å². The smallest absolute Gasteiger partial charge is 0.314 e. The monoisotopic (exact) mass is 284 g/mol. The van der Waals surface area contributed by atoms with Crippen LogP contribution in [0, 0.1) is 0 Å². The fourth-order valence-electron chi connectivity index (χ4n) is 2.42. The number of carbonyl (C=O) groups is 1. The highest BCUT2D eigenvalue weighted by Crippen LogP contribution is 2.54. The van der Waals surface area contributed by atoms with E-state index in [2.05, 4.69) is 0 Å². The van der Waals surface area contributed by atoms with Crippen LogP contribution < -0.4 is 9.47 Å². The van der Waals surface area contributed by atoms with Crippen LogP contribution in [-0.4, -0.2) is 32.5 Å². The van der Waals surface area contributed by atoms with Gasteiger partial charge in [0.2, 0.25) is 6.79 Å². The lowest BCUT2D eigenvalue weighted by molar-refractivity contribution is -0.140. The van der Waals surface area contributed by atoms with Gasteiger partial charge in [0.05, 0.1) is 5.41 Å². The maximum atomic E-state index is 12.0. The molecule has 6 nitrogen and oxygen atoms in total. The van der Waals surface area contributed by atoms with Crippen LogP contribution in [0.15, 0.2) is 17.0 Å². The number of carboxylic acid groups (broad SMARTS) is 1. The first kappa shape index (κ1) is 12.3. The van der Waals surface area contributed by atoms with E-state index in [-0.39, 0.29) is 17.4 Å². The number of ether oxygens (including phenoxy) is 2. The van der Waals surface area contributed by atoms with Crippen molar-refractivity contribution < 1.29 is 27.8 Å². The summed E-state index contributed by atoms with van der Waals surface area (Å²) in [5, 5.41) is 9.33. The van der Waals surface area contributed by atoms with Crippen molar-refractivity contribution in [2.75, 3.05) is 13.0 Å². The van der Waals surface area contributed by atoms with Gasteiger partial charge in [-0.05, 0) is 24.5 Å². The second-order valence-electron chi connectivity index (χ2n) is 4.84. The van der Waals surface area contributed by atoms with Gasteiger partial charge in [-0.1, -0.05) is 6.07 Å². The third kappa shape index (κ3) is 1.68. The number of rotatable bonds is 3. The maximum Gasteiger partial charge on any atom is 0.314 e. The van der Waals surface area contributed by atoms with Crippen molar-refractivity contribution in [3.63, 3.8) is 0 Å². The number of hydrogen-bond acceptors (Lipinski definition) is 5. The molecule has 0 saturated heterocycles. The number of aliphatic carboxylic acids is 1. The summed E-state index contributed by atoms with van der Waals surface area (Å²) in [6.07, 6.45) is 1.92. The van der Waals surface area contributed by atoms with Crippen molar-refractivity contribution >= 4 is 15.8 Å². The molecule has 1 fully saturated rings. The predicted molar refractivity (Wildman–Crippen MR) is 64.2 cm³/mol. The minimum absolute atomic E-state index is 0.0533. The summed E-state index contributed by atoms with van der Waals surface area (Å²) in [5.74, 6) is -0.533. The molecule has 19 heavy (non-hydrogen) atoms. The van der Waals surface area contributed by atoms with E-state index in [1.807, 2.05) is 0 Å². The molecular weight excluding hydrogens is 272 g/mol. The Bertz CT molecular complexity index is 672. The van der Waals surface area contributed by atoms with Gasteiger partial charge in [0, 0.05) is 6.26 Å². The standard InChI is InChI=1S/C12H12O6S/c1-19(15,16)10-7(12(4-5-12)11(13)14)2-3-8-9(10)18-6-17-8/h2-3H,4-6H2,1H3,(H,13,14). The number of hydrogen-bond donors (Lipinski definition) is 1. The first-order valence-corrected chi connectivity index (χ1v) is 7.62. The molecule has 0 unspecified atom stereocenters. The Morgan fingerprint density at radius 2 is 2.00 bits per heavy atom. The van der Waals surface area contributed by atoms with E-state index < -0.39 is 21.2 Å². The SMILES string of the molecule is CS(=O)(=O)c1c(C2(C(=O)O)CC2)ccc2c1OCO2. The minimum Gasteiger partial charge on any atom is -0.481 e. The zero-order valence-electron chi connectivity index (χ0n) is 10.2. The van der Waals surface area contributed by atoms with Crippen molar-refractivity contribution in [2.45, 2.75) is 23.2 Å².